The van der Waals surface area contributed by atoms with Crippen molar-refractivity contribution >= 4 is 15.9 Å². The zero-order valence-electron chi connectivity index (χ0n) is 12.3. The molecule has 1 fully saturated rings. The second kappa shape index (κ2) is 8.14. The molecule has 0 aromatic heterocycles. The predicted molar refractivity (Wildman–Crippen MR) is 86.5 cm³/mol. The Kier molecular flexibility index (Phi) is 6.50. The molecule has 0 saturated heterocycles. The Labute approximate surface area is 130 Å². The minimum absolute atomic E-state index is 0.146. The molecule has 112 valence electrons. The van der Waals surface area contributed by atoms with Crippen molar-refractivity contribution in [3.8, 4) is 0 Å². The van der Waals surface area contributed by atoms with E-state index in [1.54, 1.807) is 6.07 Å². The molecule has 0 amide bonds. The number of nitrogens with one attached hydrogen (secondary N) is 1. The lowest BCUT2D eigenvalue weighted by atomic mass is 9.81. The van der Waals surface area contributed by atoms with E-state index in [0.717, 1.165) is 35.3 Å². The fourth-order valence-electron chi connectivity index (χ4n) is 3.25. The van der Waals surface area contributed by atoms with Crippen LogP contribution in [0.5, 0.6) is 0 Å². The Morgan fingerprint density at radius 1 is 1.25 bits per heavy atom. The van der Waals surface area contributed by atoms with E-state index in [4.69, 9.17) is 0 Å². The lowest BCUT2D eigenvalue weighted by molar-refractivity contribution is 0.267. The SMILES string of the molecule is CCCNC(Cc1cc(F)cc(Br)c1)C1CCCCC1. The van der Waals surface area contributed by atoms with Crippen molar-refractivity contribution in [1.29, 1.82) is 0 Å². The van der Waals surface area contributed by atoms with Gasteiger partial charge in [-0.05, 0) is 61.9 Å². The molecule has 0 spiro atoms. The molecule has 20 heavy (non-hydrogen) atoms. The van der Waals surface area contributed by atoms with Gasteiger partial charge in [-0.25, -0.2) is 4.39 Å². The molecule has 1 aromatic carbocycles. The van der Waals surface area contributed by atoms with Crippen LogP contribution < -0.4 is 5.32 Å². The molecule has 0 bridgehead atoms. The quantitative estimate of drug-likeness (QED) is 0.760. The van der Waals surface area contributed by atoms with Crippen LogP contribution in [0, 0.1) is 11.7 Å². The average molecular weight is 342 g/mol. The van der Waals surface area contributed by atoms with Gasteiger partial charge in [0.1, 0.15) is 5.82 Å². The standard InChI is InChI=1S/C17H25BrFN/c1-2-8-20-17(14-6-4-3-5-7-14)11-13-9-15(18)12-16(19)10-13/h9-10,12,14,17,20H,2-8,11H2,1H3. The first-order valence-electron chi connectivity index (χ1n) is 7.87. The third kappa shape index (κ3) is 4.85. The van der Waals surface area contributed by atoms with Crippen LogP contribution in [0.25, 0.3) is 0 Å². The molecule has 3 heteroatoms. The van der Waals surface area contributed by atoms with Crippen LogP contribution in [0.1, 0.15) is 51.0 Å². The molecular weight excluding hydrogens is 317 g/mol. The van der Waals surface area contributed by atoms with Gasteiger partial charge in [0, 0.05) is 10.5 Å². The second-order valence-electron chi connectivity index (χ2n) is 5.94. The maximum atomic E-state index is 13.5. The number of benzene rings is 1. The number of hydrogen-bond donors (Lipinski definition) is 1. The summed E-state index contributed by atoms with van der Waals surface area (Å²) in [6.45, 7) is 3.25. The molecule has 1 nitrogen and oxygen atoms in total. The van der Waals surface area contributed by atoms with Gasteiger partial charge >= 0.3 is 0 Å². The van der Waals surface area contributed by atoms with Crippen molar-refractivity contribution in [2.75, 3.05) is 6.54 Å². The van der Waals surface area contributed by atoms with E-state index in [2.05, 4.69) is 28.2 Å². The smallest absolute Gasteiger partial charge is 0.124 e. The van der Waals surface area contributed by atoms with Gasteiger partial charge in [0.05, 0.1) is 0 Å². The van der Waals surface area contributed by atoms with Gasteiger partial charge in [-0.3, -0.25) is 0 Å². The Balaban J connectivity index is 2.05. The molecule has 0 aliphatic heterocycles. The zero-order chi connectivity index (χ0) is 14.4. The molecule has 1 aromatic rings. The van der Waals surface area contributed by atoms with Crippen molar-refractivity contribution in [3.05, 3.63) is 34.1 Å². The highest BCUT2D eigenvalue weighted by molar-refractivity contribution is 9.10. The summed E-state index contributed by atoms with van der Waals surface area (Å²) in [7, 11) is 0. The highest BCUT2D eigenvalue weighted by Gasteiger charge is 2.23. The predicted octanol–water partition coefficient (Wildman–Crippen LogP) is 5.08. The minimum Gasteiger partial charge on any atom is -0.313 e. The lowest BCUT2D eigenvalue weighted by Gasteiger charge is -2.31. The van der Waals surface area contributed by atoms with E-state index >= 15 is 0 Å². The summed E-state index contributed by atoms with van der Waals surface area (Å²) >= 11 is 3.39. The lowest BCUT2D eigenvalue weighted by Crippen LogP contribution is -2.39. The molecule has 1 N–H and O–H groups in total. The molecule has 1 atom stereocenters. The summed E-state index contributed by atoms with van der Waals surface area (Å²) in [6.07, 6.45) is 8.79. The molecule has 1 saturated carbocycles. The monoisotopic (exact) mass is 341 g/mol. The number of halogens is 2. The Hall–Kier alpha value is -0.410. The Morgan fingerprint density at radius 2 is 2.00 bits per heavy atom. The third-order valence-corrected chi connectivity index (χ3v) is 4.71. The molecule has 1 aliphatic carbocycles. The van der Waals surface area contributed by atoms with Crippen LogP contribution in [0.4, 0.5) is 4.39 Å². The van der Waals surface area contributed by atoms with E-state index in [1.165, 1.54) is 38.2 Å². The molecule has 0 radical (unpaired) electrons. The maximum Gasteiger partial charge on any atom is 0.124 e. The van der Waals surface area contributed by atoms with Crippen LogP contribution in [-0.4, -0.2) is 12.6 Å². The van der Waals surface area contributed by atoms with Crippen molar-refractivity contribution in [2.45, 2.75) is 57.9 Å². The van der Waals surface area contributed by atoms with E-state index in [-0.39, 0.29) is 5.82 Å². The highest BCUT2D eigenvalue weighted by Crippen LogP contribution is 2.28. The van der Waals surface area contributed by atoms with Crippen LogP contribution in [0.2, 0.25) is 0 Å². The minimum atomic E-state index is -0.146. The van der Waals surface area contributed by atoms with Gasteiger partial charge in [-0.2, -0.15) is 0 Å². The summed E-state index contributed by atoms with van der Waals surface area (Å²) in [4.78, 5) is 0. The van der Waals surface area contributed by atoms with E-state index in [9.17, 15) is 4.39 Å². The summed E-state index contributed by atoms with van der Waals surface area (Å²) in [6, 6.07) is 5.74. The summed E-state index contributed by atoms with van der Waals surface area (Å²) < 4.78 is 14.4. The van der Waals surface area contributed by atoms with Gasteiger partial charge in [-0.1, -0.05) is 42.1 Å². The summed E-state index contributed by atoms with van der Waals surface area (Å²) in [5.41, 5.74) is 1.09. The van der Waals surface area contributed by atoms with Gasteiger partial charge in [0.15, 0.2) is 0 Å². The van der Waals surface area contributed by atoms with Gasteiger partial charge in [0.2, 0.25) is 0 Å². The van der Waals surface area contributed by atoms with Crippen molar-refractivity contribution in [2.24, 2.45) is 5.92 Å². The van der Waals surface area contributed by atoms with Gasteiger partial charge < -0.3 is 5.32 Å². The second-order valence-corrected chi connectivity index (χ2v) is 6.86. The van der Waals surface area contributed by atoms with Crippen LogP contribution in [0.3, 0.4) is 0 Å². The maximum absolute atomic E-state index is 13.5. The first kappa shape index (κ1) is 16.0. The molecule has 1 unspecified atom stereocenters. The summed E-state index contributed by atoms with van der Waals surface area (Å²) in [5.74, 6) is 0.601. The molecule has 0 heterocycles. The average Bonchev–Trinajstić information content (AvgIpc) is 2.43. The fourth-order valence-corrected chi connectivity index (χ4v) is 3.77. The van der Waals surface area contributed by atoms with Gasteiger partial charge in [-0.15, -0.1) is 0 Å². The number of hydrogen-bond acceptors (Lipinski definition) is 1. The van der Waals surface area contributed by atoms with Crippen molar-refractivity contribution < 1.29 is 4.39 Å². The number of rotatable bonds is 6. The molecule has 1 aliphatic rings. The normalized spacial score (nSPS) is 18.1. The zero-order valence-corrected chi connectivity index (χ0v) is 13.9. The third-order valence-electron chi connectivity index (χ3n) is 4.25. The Bertz CT molecular complexity index is 395. The van der Waals surface area contributed by atoms with Crippen molar-refractivity contribution in [3.63, 3.8) is 0 Å². The first-order chi connectivity index (χ1) is 9.69. The highest BCUT2D eigenvalue weighted by atomic mass is 79.9. The van der Waals surface area contributed by atoms with Crippen LogP contribution in [-0.2, 0) is 6.42 Å². The topological polar surface area (TPSA) is 12.0 Å². The fraction of sp³-hybridized carbons (Fsp3) is 0.647. The Morgan fingerprint density at radius 3 is 2.65 bits per heavy atom. The van der Waals surface area contributed by atoms with E-state index in [0.29, 0.717) is 6.04 Å². The largest absolute Gasteiger partial charge is 0.313 e. The van der Waals surface area contributed by atoms with E-state index < -0.39 is 0 Å². The van der Waals surface area contributed by atoms with Crippen molar-refractivity contribution in [1.82, 2.24) is 5.32 Å². The van der Waals surface area contributed by atoms with Crippen LogP contribution in [0.15, 0.2) is 22.7 Å². The first-order valence-corrected chi connectivity index (χ1v) is 8.66. The van der Waals surface area contributed by atoms with E-state index in [1.807, 2.05) is 6.07 Å². The van der Waals surface area contributed by atoms with Gasteiger partial charge in [0.25, 0.3) is 0 Å². The summed E-state index contributed by atoms with van der Waals surface area (Å²) in [5, 5.41) is 3.69. The molecule has 2 rings (SSSR count). The van der Waals surface area contributed by atoms with Crippen LogP contribution >= 0.6 is 15.9 Å². The molecular formula is C17H25BrFN.